The van der Waals surface area contributed by atoms with Crippen molar-refractivity contribution in [1.29, 1.82) is 0 Å². The van der Waals surface area contributed by atoms with Gasteiger partial charge in [-0.15, -0.1) is 0 Å². The molecule has 0 radical (unpaired) electrons. The lowest BCUT2D eigenvalue weighted by Gasteiger charge is -2.33. The van der Waals surface area contributed by atoms with Gasteiger partial charge in [0.2, 0.25) is 5.91 Å². The summed E-state index contributed by atoms with van der Waals surface area (Å²) in [4.78, 5) is 18.2. The minimum atomic E-state index is 0.263. The maximum atomic E-state index is 12.1. The van der Waals surface area contributed by atoms with E-state index >= 15 is 0 Å². The van der Waals surface area contributed by atoms with E-state index in [1.54, 1.807) is 6.20 Å². The molecule has 2 heterocycles. The van der Waals surface area contributed by atoms with Crippen molar-refractivity contribution in [2.45, 2.75) is 32.2 Å². The Labute approximate surface area is 108 Å². The van der Waals surface area contributed by atoms with E-state index in [2.05, 4.69) is 17.2 Å². The molecule has 1 aromatic heterocycles. The molecule has 0 saturated carbocycles. The summed E-state index contributed by atoms with van der Waals surface area (Å²) in [5.74, 6) is 0.263. The van der Waals surface area contributed by atoms with Crippen LogP contribution in [0.15, 0.2) is 24.5 Å². The lowest BCUT2D eigenvalue weighted by Crippen LogP contribution is -2.52. The van der Waals surface area contributed by atoms with Crippen molar-refractivity contribution in [3.05, 3.63) is 30.1 Å². The van der Waals surface area contributed by atoms with Crippen LogP contribution in [0, 0.1) is 0 Å². The van der Waals surface area contributed by atoms with Gasteiger partial charge in [-0.25, -0.2) is 0 Å². The molecule has 4 heteroatoms. The van der Waals surface area contributed by atoms with Crippen LogP contribution in [0.5, 0.6) is 0 Å². The standard InChI is InChI=1S/C14H21N3O/c1-2-13-11-17(9-8-16-13)14(18)6-5-12-4-3-7-15-10-12/h3-4,7,10,13,16H,2,5-6,8-9,11H2,1H3/t13-/m1/s1. The van der Waals surface area contributed by atoms with Gasteiger partial charge >= 0.3 is 0 Å². The average molecular weight is 247 g/mol. The smallest absolute Gasteiger partial charge is 0.222 e. The number of amides is 1. The van der Waals surface area contributed by atoms with Crippen molar-refractivity contribution in [2.75, 3.05) is 19.6 Å². The predicted octanol–water partition coefficient (Wildman–Crippen LogP) is 1.22. The monoisotopic (exact) mass is 247 g/mol. The zero-order chi connectivity index (χ0) is 12.8. The highest BCUT2D eigenvalue weighted by atomic mass is 16.2. The number of nitrogens with zero attached hydrogens (tertiary/aromatic N) is 2. The summed E-state index contributed by atoms with van der Waals surface area (Å²) in [6.45, 7) is 4.75. The molecule has 2 rings (SSSR count). The van der Waals surface area contributed by atoms with Crippen molar-refractivity contribution in [3.8, 4) is 0 Å². The molecule has 0 spiro atoms. The molecule has 1 aliphatic heterocycles. The quantitative estimate of drug-likeness (QED) is 0.870. The highest BCUT2D eigenvalue weighted by molar-refractivity contribution is 5.76. The second kappa shape index (κ2) is 6.50. The second-order valence-corrected chi connectivity index (χ2v) is 4.76. The van der Waals surface area contributed by atoms with Crippen LogP contribution in [-0.2, 0) is 11.2 Å². The van der Waals surface area contributed by atoms with Gasteiger partial charge in [0.1, 0.15) is 0 Å². The van der Waals surface area contributed by atoms with E-state index in [0.29, 0.717) is 12.5 Å². The first-order chi connectivity index (χ1) is 8.79. The predicted molar refractivity (Wildman–Crippen MR) is 71.2 cm³/mol. The van der Waals surface area contributed by atoms with Crippen LogP contribution in [0.4, 0.5) is 0 Å². The van der Waals surface area contributed by atoms with E-state index in [4.69, 9.17) is 0 Å². The normalized spacial score (nSPS) is 19.8. The third kappa shape index (κ3) is 3.53. The number of nitrogens with one attached hydrogen (secondary N) is 1. The van der Waals surface area contributed by atoms with Gasteiger partial charge < -0.3 is 10.2 Å². The van der Waals surface area contributed by atoms with Crippen LogP contribution >= 0.6 is 0 Å². The molecule has 1 aromatic rings. The van der Waals surface area contributed by atoms with E-state index in [-0.39, 0.29) is 5.91 Å². The van der Waals surface area contributed by atoms with Crippen LogP contribution < -0.4 is 5.32 Å². The first-order valence-electron chi connectivity index (χ1n) is 6.69. The van der Waals surface area contributed by atoms with Gasteiger partial charge in [-0.05, 0) is 24.5 Å². The number of aromatic nitrogens is 1. The summed E-state index contributed by atoms with van der Waals surface area (Å²) in [5.41, 5.74) is 1.13. The van der Waals surface area contributed by atoms with E-state index in [1.165, 1.54) is 0 Å². The molecule has 0 aromatic carbocycles. The van der Waals surface area contributed by atoms with Crippen LogP contribution in [0.3, 0.4) is 0 Å². The Morgan fingerprint density at radius 1 is 1.61 bits per heavy atom. The van der Waals surface area contributed by atoms with Gasteiger partial charge in [0.05, 0.1) is 0 Å². The lowest BCUT2D eigenvalue weighted by atomic mass is 10.1. The topological polar surface area (TPSA) is 45.2 Å². The Bertz CT molecular complexity index is 380. The number of hydrogen-bond donors (Lipinski definition) is 1. The summed E-state index contributed by atoms with van der Waals surface area (Å²) in [5, 5.41) is 3.42. The molecule has 1 atom stereocenters. The Morgan fingerprint density at radius 3 is 3.22 bits per heavy atom. The van der Waals surface area contributed by atoms with Crippen molar-refractivity contribution < 1.29 is 4.79 Å². The minimum Gasteiger partial charge on any atom is -0.340 e. The maximum Gasteiger partial charge on any atom is 0.222 e. The maximum absolute atomic E-state index is 12.1. The van der Waals surface area contributed by atoms with E-state index < -0.39 is 0 Å². The number of hydrogen-bond acceptors (Lipinski definition) is 3. The Morgan fingerprint density at radius 2 is 2.50 bits per heavy atom. The van der Waals surface area contributed by atoms with Crippen LogP contribution in [0.2, 0.25) is 0 Å². The third-order valence-electron chi connectivity index (χ3n) is 3.45. The summed E-state index contributed by atoms with van der Waals surface area (Å²) in [6, 6.07) is 4.39. The second-order valence-electron chi connectivity index (χ2n) is 4.76. The van der Waals surface area contributed by atoms with Gasteiger partial charge in [-0.2, -0.15) is 0 Å². The molecule has 4 nitrogen and oxygen atoms in total. The number of pyridine rings is 1. The molecule has 1 saturated heterocycles. The fourth-order valence-electron chi connectivity index (χ4n) is 2.28. The summed E-state index contributed by atoms with van der Waals surface area (Å²) in [6.07, 6.45) is 6.04. The highest BCUT2D eigenvalue weighted by Gasteiger charge is 2.21. The number of piperazine rings is 1. The fourth-order valence-corrected chi connectivity index (χ4v) is 2.28. The zero-order valence-electron chi connectivity index (χ0n) is 10.9. The van der Waals surface area contributed by atoms with Gasteiger partial charge in [-0.3, -0.25) is 9.78 Å². The number of aryl methyl sites for hydroxylation is 1. The van der Waals surface area contributed by atoms with Crippen LogP contribution in [0.1, 0.15) is 25.3 Å². The largest absolute Gasteiger partial charge is 0.340 e. The van der Waals surface area contributed by atoms with Gasteiger partial charge in [0.15, 0.2) is 0 Å². The van der Waals surface area contributed by atoms with Crippen molar-refractivity contribution in [2.24, 2.45) is 0 Å². The molecular formula is C14H21N3O. The molecule has 18 heavy (non-hydrogen) atoms. The molecule has 1 aliphatic rings. The lowest BCUT2D eigenvalue weighted by molar-refractivity contribution is -0.132. The zero-order valence-corrected chi connectivity index (χ0v) is 10.9. The first kappa shape index (κ1) is 13.0. The van der Waals surface area contributed by atoms with E-state index in [0.717, 1.165) is 38.0 Å². The molecule has 0 bridgehead atoms. The summed E-state index contributed by atoms with van der Waals surface area (Å²) < 4.78 is 0. The van der Waals surface area contributed by atoms with Crippen LogP contribution in [-0.4, -0.2) is 41.5 Å². The molecule has 98 valence electrons. The molecule has 1 fully saturated rings. The van der Waals surface area contributed by atoms with Crippen molar-refractivity contribution in [1.82, 2.24) is 15.2 Å². The van der Waals surface area contributed by atoms with Gasteiger partial charge in [0, 0.05) is 44.5 Å². The van der Waals surface area contributed by atoms with Gasteiger partial charge in [-0.1, -0.05) is 13.0 Å². The SMILES string of the molecule is CC[C@@H]1CN(C(=O)CCc2cccnc2)CCN1. The molecule has 0 aliphatic carbocycles. The molecule has 0 unspecified atom stereocenters. The number of rotatable bonds is 4. The van der Waals surface area contributed by atoms with Crippen molar-refractivity contribution >= 4 is 5.91 Å². The Hall–Kier alpha value is -1.42. The van der Waals surface area contributed by atoms with Gasteiger partial charge in [0.25, 0.3) is 0 Å². The van der Waals surface area contributed by atoms with E-state index in [9.17, 15) is 4.79 Å². The highest BCUT2D eigenvalue weighted by Crippen LogP contribution is 2.07. The van der Waals surface area contributed by atoms with Crippen molar-refractivity contribution in [3.63, 3.8) is 0 Å². The Balaban J connectivity index is 1.81. The fraction of sp³-hybridized carbons (Fsp3) is 0.571. The molecule has 1 N–H and O–H groups in total. The third-order valence-corrected chi connectivity index (χ3v) is 3.45. The Kier molecular flexibility index (Phi) is 4.70. The minimum absolute atomic E-state index is 0.263. The average Bonchev–Trinajstić information content (AvgIpc) is 2.46. The summed E-state index contributed by atoms with van der Waals surface area (Å²) in [7, 11) is 0. The number of carbonyl (C=O) groups is 1. The van der Waals surface area contributed by atoms with E-state index in [1.807, 2.05) is 23.2 Å². The first-order valence-corrected chi connectivity index (χ1v) is 6.69. The summed E-state index contributed by atoms with van der Waals surface area (Å²) >= 11 is 0. The number of carbonyl (C=O) groups excluding carboxylic acids is 1. The molecular weight excluding hydrogens is 226 g/mol. The molecule has 1 amide bonds. The van der Waals surface area contributed by atoms with Crippen LogP contribution in [0.25, 0.3) is 0 Å².